The number of aromatic nitrogens is 1. The van der Waals surface area contributed by atoms with Crippen molar-refractivity contribution in [2.45, 2.75) is 12.2 Å². The molecule has 0 saturated carbocycles. The molecule has 2 aliphatic rings. The molecule has 1 unspecified atom stereocenters. The molecule has 18 heavy (non-hydrogen) atoms. The number of amidine groups is 1. The molecule has 0 aromatic carbocycles. The number of rotatable bonds is 2. The number of fused-ring (bicyclic) bond motifs is 1. The molecule has 1 aliphatic carbocycles. The van der Waals surface area contributed by atoms with E-state index in [1.807, 2.05) is 36.4 Å². The first-order valence-corrected chi connectivity index (χ1v) is 6.96. The van der Waals surface area contributed by atoms with Crippen molar-refractivity contribution in [2.24, 2.45) is 9.98 Å². The highest BCUT2D eigenvalue weighted by Gasteiger charge is 2.26. The molecule has 0 N–H and O–H groups in total. The minimum atomic E-state index is -1.23. The van der Waals surface area contributed by atoms with Gasteiger partial charge in [0, 0.05) is 23.8 Å². The topological polar surface area (TPSA) is 60.7 Å². The van der Waals surface area contributed by atoms with Crippen molar-refractivity contribution in [3.05, 3.63) is 54.0 Å². The van der Waals surface area contributed by atoms with Crippen LogP contribution in [0.25, 0.3) is 0 Å². The summed E-state index contributed by atoms with van der Waals surface area (Å²) in [6.45, 7) is 0. The molecule has 0 bridgehead atoms. The summed E-state index contributed by atoms with van der Waals surface area (Å²) in [5.74, 6) is 0.358. The lowest BCUT2D eigenvalue weighted by molar-refractivity contribution is 0.604. The van der Waals surface area contributed by atoms with Crippen molar-refractivity contribution < 1.29 is 4.55 Å². The van der Waals surface area contributed by atoms with E-state index in [1.54, 1.807) is 6.20 Å². The van der Waals surface area contributed by atoms with Crippen molar-refractivity contribution in [3.63, 3.8) is 0 Å². The summed E-state index contributed by atoms with van der Waals surface area (Å²) < 4.78 is 12.1. The van der Waals surface area contributed by atoms with Gasteiger partial charge in [-0.15, -0.1) is 0 Å². The highest BCUT2D eigenvalue weighted by molar-refractivity contribution is 8.05. The maximum absolute atomic E-state index is 12.1. The molecule has 0 fully saturated rings. The molecular formula is C13H11N3OS. The zero-order valence-electron chi connectivity index (χ0n) is 9.61. The van der Waals surface area contributed by atoms with Gasteiger partial charge in [0.15, 0.2) is 5.75 Å². The summed E-state index contributed by atoms with van der Waals surface area (Å²) in [5, 5.41) is 0.408. The predicted molar refractivity (Wildman–Crippen MR) is 72.8 cm³/mol. The largest absolute Gasteiger partial charge is 0.609 e. The molecule has 0 spiro atoms. The Kier molecular flexibility index (Phi) is 3.08. The van der Waals surface area contributed by atoms with Gasteiger partial charge in [-0.1, -0.05) is 18.2 Å². The Bertz CT molecular complexity index is 575. The number of pyridine rings is 1. The fourth-order valence-corrected chi connectivity index (χ4v) is 2.75. The monoisotopic (exact) mass is 257 g/mol. The molecule has 4 nitrogen and oxygen atoms in total. The van der Waals surface area contributed by atoms with Crippen molar-refractivity contribution in [1.82, 2.24) is 4.98 Å². The van der Waals surface area contributed by atoms with Crippen LogP contribution < -0.4 is 0 Å². The Morgan fingerprint density at radius 1 is 1.28 bits per heavy atom. The minimum Gasteiger partial charge on any atom is -0.609 e. The maximum atomic E-state index is 12.1. The highest BCUT2D eigenvalue weighted by atomic mass is 32.2. The van der Waals surface area contributed by atoms with Crippen LogP contribution in [-0.4, -0.2) is 20.4 Å². The molecule has 2 heterocycles. The normalized spacial score (nSPS) is 18.8. The van der Waals surface area contributed by atoms with E-state index in [2.05, 4.69) is 15.0 Å². The fraction of sp³-hybridized carbons (Fsp3) is 0.154. The summed E-state index contributed by atoms with van der Waals surface area (Å²) in [6, 6.07) is 5.58. The molecular weight excluding hydrogens is 246 g/mol. The van der Waals surface area contributed by atoms with E-state index in [4.69, 9.17) is 0 Å². The van der Waals surface area contributed by atoms with E-state index in [1.165, 1.54) is 0 Å². The van der Waals surface area contributed by atoms with Gasteiger partial charge in [-0.2, -0.15) is 9.98 Å². The Morgan fingerprint density at radius 2 is 2.22 bits per heavy atom. The van der Waals surface area contributed by atoms with Crippen LogP contribution >= 0.6 is 0 Å². The van der Waals surface area contributed by atoms with E-state index in [0.29, 0.717) is 10.9 Å². The Balaban J connectivity index is 1.75. The number of hydrogen-bond acceptors (Lipinski definition) is 4. The Morgan fingerprint density at radius 3 is 3.00 bits per heavy atom. The standard InChI is InChI=1S/C13H11N3OS/c17-18(9-10-5-3-4-8-14-10)13-15-11-6-1-2-7-12(11)16-13/h1-6,8H,7,9H2. The lowest BCUT2D eigenvalue weighted by atomic mass is 10.1. The second kappa shape index (κ2) is 4.88. The smallest absolute Gasteiger partial charge is 0.344 e. The molecule has 1 aromatic rings. The molecule has 1 atom stereocenters. The molecule has 90 valence electrons. The van der Waals surface area contributed by atoms with Gasteiger partial charge in [-0.25, -0.2) is 0 Å². The van der Waals surface area contributed by atoms with Gasteiger partial charge in [0.05, 0.1) is 17.1 Å². The van der Waals surface area contributed by atoms with Crippen molar-refractivity contribution in [1.29, 1.82) is 0 Å². The number of allylic oxidation sites excluding steroid dienone is 4. The van der Waals surface area contributed by atoms with E-state index < -0.39 is 11.2 Å². The van der Waals surface area contributed by atoms with Crippen LogP contribution in [-0.2, 0) is 16.9 Å². The van der Waals surface area contributed by atoms with Gasteiger partial charge < -0.3 is 4.55 Å². The van der Waals surface area contributed by atoms with Gasteiger partial charge in [0.25, 0.3) is 0 Å². The van der Waals surface area contributed by atoms with E-state index in [-0.39, 0.29) is 0 Å². The first kappa shape index (κ1) is 11.4. The van der Waals surface area contributed by atoms with Crippen LogP contribution in [0.3, 0.4) is 0 Å². The van der Waals surface area contributed by atoms with Gasteiger partial charge >= 0.3 is 5.17 Å². The third kappa shape index (κ3) is 2.27. The van der Waals surface area contributed by atoms with Crippen LogP contribution in [0.5, 0.6) is 0 Å². The van der Waals surface area contributed by atoms with Gasteiger partial charge in [-0.05, 0) is 18.2 Å². The first-order valence-electron chi connectivity index (χ1n) is 5.65. The number of aliphatic imine (C=N–C) groups is 2. The average Bonchev–Trinajstić information content (AvgIpc) is 2.84. The maximum Gasteiger partial charge on any atom is 0.344 e. The second-order valence-corrected chi connectivity index (χ2v) is 5.29. The molecule has 1 aliphatic heterocycles. The molecule has 3 rings (SSSR count). The summed E-state index contributed by atoms with van der Waals surface area (Å²) in [5.41, 5.74) is 2.53. The Hall–Kier alpha value is -1.72. The third-order valence-corrected chi connectivity index (χ3v) is 3.80. The van der Waals surface area contributed by atoms with Crippen LogP contribution in [0, 0.1) is 0 Å². The van der Waals surface area contributed by atoms with E-state index in [9.17, 15) is 4.55 Å². The van der Waals surface area contributed by atoms with Gasteiger partial charge in [-0.3, -0.25) is 4.98 Å². The zero-order chi connectivity index (χ0) is 12.4. The minimum absolute atomic E-state index is 0.358. The lowest BCUT2D eigenvalue weighted by Crippen LogP contribution is -2.14. The van der Waals surface area contributed by atoms with Crippen LogP contribution in [0.2, 0.25) is 0 Å². The van der Waals surface area contributed by atoms with Crippen molar-refractivity contribution >= 4 is 22.1 Å². The fourth-order valence-electron chi connectivity index (χ4n) is 1.77. The molecule has 0 saturated heterocycles. The summed E-state index contributed by atoms with van der Waals surface area (Å²) in [6.07, 6.45) is 8.32. The quantitative estimate of drug-likeness (QED) is 0.761. The van der Waals surface area contributed by atoms with E-state index in [0.717, 1.165) is 23.5 Å². The molecule has 0 radical (unpaired) electrons. The van der Waals surface area contributed by atoms with Gasteiger partial charge in [0.1, 0.15) is 0 Å². The molecule has 5 heteroatoms. The number of hydrogen-bond donors (Lipinski definition) is 0. The van der Waals surface area contributed by atoms with Crippen LogP contribution in [0.1, 0.15) is 12.1 Å². The molecule has 1 aromatic heterocycles. The highest BCUT2D eigenvalue weighted by Crippen LogP contribution is 2.20. The summed E-state index contributed by atoms with van der Waals surface area (Å²) >= 11 is -1.23. The van der Waals surface area contributed by atoms with Gasteiger partial charge in [0.2, 0.25) is 0 Å². The van der Waals surface area contributed by atoms with Crippen molar-refractivity contribution in [3.8, 4) is 0 Å². The first-order chi connectivity index (χ1) is 8.83. The summed E-state index contributed by atoms with van der Waals surface area (Å²) in [7, 11) is 0. The van der Waals surface area contributed by atoms with Crippen LogP contribution in [0.15, 0.2) is 58.3 Å². The average molecular weight is 257 g/mol. The third-order valence-electron chi connectivity index (χ3n) is 2.65. The second-order valence-electron chi connectivity index (χ2n) is 3.95. The Labute approximate surface area is 108 Å². The van der Waals surface area contributed by atoms with Crippen LogP contribution in [0.4, 0.5) is 0 Å². The number of nitrogens with zero attached hydrogens (tertiary/aromatic N) is 3. The summed E-state index contributed by atoms with van der Waals surface area (Å²) in [4.78, 5) is 12.8. The SMILES string of the molecule is [O-][S+](Cc1ccccn1)C1=NC2=CC=CCC2=N1. The molecule has 0 amide bonds. The predicted octanol–water partition coefficient (Wildman–Crippen LogP) is 1.98. The lowest BCUT2D eigenvalue weighted by Gasteiger charge is -2.06. The zero-order valence-corrected chi connectivity index (χ0v) is 10.4. The van der Waals surface area contributed by atoms with E-state index >= 15 is 0 Å². The van der Waals surface area contributed by atoms with Crippen molar-refractivity contribution in [2.75, 3.05) is 0 Å².